The summed E-state index contributed by atoms with van der Waals surface area (Å²) in [5, 5.41) is 5.03. The van der Waals surface area contributed by atoms with Crippen molar-refractivity contribution in [2.75, 3.05) is 0 Å². The van der Waals surface area contributed by atoms with Gasteiger partial charge in [0, 0.05) is 38.3 Å². The second kappa shape index (κ2) is 8.22. The van der Waals surface area contributed by atoms with Crippen LogP contribution >= 0.6 is 0 Å². The summed E-state index contributed by atoms with van der Waals surface area (Å²) >= 11 is 0. The van der Waals surface area contributed by atoms with Crippen LogP contribution in [0.1, 0.15) is 0 Å². The summed E-state index contributed by atoms with van der Waals surface area (Å²) in [6.07, 6.45) is 0. The van der Waals surface area contributed by atoms with E-state index in [4.69, 9.17) is 0 Å². The molecule has 0 fully saturated rings. The molecule has 2 aromatic heterocycles. The van der Waals surface area contributed by atoms with Gasteiger partial charge < -0.3 is 9.55 Å². The van der Waals surface area contributed by atoms with Gasteiger partial charge in [-0.2, -0.15) is 0 Å². The summed E-state index contributed by atoms with van der Waals surface area (Å²) < 4.78 is 2.43. The van der Waals surface area contributed by atoms with E-state index < -0.39 is 0 Å². The number of rotatable bonds is 3. The minimum absolute atomic E-state index is 1.15. The van der Waals surface area contributed by atoms with Gasteiger partial charge in [0.15, 0.2) is 0 Å². The van der Waals surface area contributed by atoms with Gasteiger partial charge in [-0.05, 0) is 64.7 Å². The van der Waals surface area contributed by atoms with Crippen LogP contribution in [0, 0.1) is 0 Å². The Kier molecular flexibility index (Phi) is 4.55. The molecule has 0 amide bonds. The van der Waals surface area contributed by atoms with Crippen LogP contribution in [0.15, 0.2) is 140 Å². The van der Waals surface area contributed by atoms with Crippen LogP contribution in [0.3, 0.4) is 0 Å². The van der Waals surface area contributed by atoms with Crippen LogP contribution in [0.4, 0.5) is 0 Å². The SMILES string of the molecule is c1ccc(-c2ccc3[nH]c4ccc5c6cc(-c7ccccc7)ccc6n(-c6ccccc6)c5c4c3c2)cc1. The summed E-state index contributed by atoms with van der Waals surface area (Å²) in [5.41, 5.74) is 10.9. The number of para-hydroxylation sites is 1. The minimum atomic E-state index is 1.15. The summed E-state index contributed by atoms with van der Waals surface area (Å²) in [5.74, 6) is 0. The van der Waals surface area contributed by atoms with E-state index in [1.54, 1.807) is 0 Å². The van der Waals surface area contributed by atoms with Crippen LogP contribution in [0.5, 0.6) is 0 Å². The number of nitrogens with one attached hydrogen (secondary N) is 1. The van der Waals surface area contributed by atoms with Gasteiger partial charge >= 0.3 is 0 Å². The third-order valence-corrected chi connectivity index (χ3v) is 7.72. The van der Waals surface area contributed by atoms with Crippen molar-refractivity contribution in [3.8, 4) is 27.9 Å². The van der Waals surface area contributed by atoms with Gasteiger partial charge in [-0.25, -0.2) is 0 Å². The highest BCUT2D eigenvalue weighted by Crippen LogP contribution is 2.41. The Labute approximate surface area is 220 Å². The standard InChI is InChI=1S/C36H24N2/c1-4-10-24(11-5-1)26-16-19-32-31(23-26)35-33(37-32)20-18-29-30-22-27(25-12-6-2-7-13-25)17-21-34(30)38(36(29)35)28-14-8-3-9-15-28/h1-23,37H. The average molecular weight is 485 g/mol. The van der Waals surface area contributed by atoms with Crippen molar-refractivity contribution in [1.29, 1.82) is 0 Å². The smallest absolute Gasteiger partial charge is 0.0641 e. The number of hydrogen-bond acceptors (Lipinski definition) is 0. The molecule has 0 spiro atoms. The van der Waals surface area contributed by atoms with Crippen LogP contribution < -0.4 is 0 Å². The number of benzene rings is 6. The Bertz CT molecular complexity index is 2100. The zero-order chi connectivity index (χ0) is 25.1. The van der Waals surface area contributed by atoms with E-state index in [1.807, 2.05) is 0 Å². The third-order valence-electron chi connectivity index (χ3n) is 7.72. The van der Waals surface area contributed by atoms with Crippen molar-refractivity contribution in [3.05, 3.63) is 140 Å². The highest BCUT2D eigenvalue weighted by molar-refractivity contribution is 6.26. The zero-order valence-electron chi connectivity index (χ0n) is 20.7. The molecule has 0 aliphatic carbocycles. The molecule has 0 radical (unpaired) electrons. The Hall–Kier alpha value is -5.08. The molecule has 1 N–H and O–H groups in total. The first-order valence-corrected chi connectivity index (χ1v) is 13.0. The number of fused-ring (bicyclic) bond motifs is 7. The maximum Gasteiger partial charge on any atom is 0.0641 e. The van der Waals surface area contributed by atoms with E-state index in [-0.39, 0.29) is 0 Å². The molecule has 0 unspecified atom stereocenters. The first kappa shape index (κ1) is 21.0. The Morgan fingerprint density at radius 1 is 0.421 bits per heavy atom. The lowest BCUT2D eigenvalue weighted by Crippen LogP contribution is -1.93. The summed E-state index contributed by atoms with van der Waals surface area (Å²) in [6, 6.07) is 50.2. The molecular formula is C36H24N2. The largest absolute Gasteiger partial charge is 0.354 e. The first-order valence-electron chi connectivity index (χ1n) is 13.0. The molecule has 0 saturated carbocycles. The topological polar surface area (TPSA) is 20.7 Å². The van der Waals surface area contributed by atoms with Crippen molar-refractivity contribution in [2.24, 2.45) is 0 Å². The Balaban J connectivity index is 1.52. The van der Waals surface area contributed by atoms with Gasteiger partial charge in [-0.1, -0.05) is 97.1 Å². The van der Waals surface area contributed by atoms with E-state index in [0.29, 0.717) is 0 Å². The molecule has 8 rings (SSSR count). The van der Waals surface area contributed by atoms with E-state index in [1.165, 1.54) is 60.5 Å². The van der Waals surface area contributed by atoms with Gasteiger partial charge in [-0.3, -0.25) is 0 Å². The minimum Gasteiger partial charge on any atom is -0.354 e. The second-order valence-electron chi connectivity index (χ2n) is 9.90. The van der Waals surface area contributed by atoms with E-state index in [0.717, 1.165) is 11.0 Å². The van der Waals surface area contributed by atoms with Crippen molar-refractivity contribution < 1.29 is 0 Å². The Morgan fingerprint density at radius 2 is 1.00 bits per heavy atom. The Morgan fingerprint density at radius 3 is 1.68 bits per heavy atom. The van der Waals surface area contributed by atoms with Crippen molar-refractivity contribution in [2.45, 2.75) is 0 Å². The van der Waals surface area contributed by atoms with Gasteiger partial charge in [0.1, 0.15) is 0 Å². The molecule has 0 aliphatic rings. The number of H-pyrrole nitrogens is 1. The monoisotopic (exact) mass is 484 g/mol. The lowest BCUT2D eigenvalue weighted by molar-refractivity contribution is 1.19. The normalized spacial score (nSPS) is 11.7. The van der Waals surface area contributed by atoms with Crippen LogP contribution in [0.2, 0.25) is 0 Å². The van der Waals surface area contributed by atoms with Gasteiger partial charge in [0.05, 0.1) is 11.0 Å². The first-order chi connectivity index (χ1) is 18.8. The molecular weight excluding hydrogens is 460 g/mol. The number of nitrogens with zero attached hydrogens (tertiary/aromatic N) is 1. The van der Waals surface area contributed by atoms with E-state index >= 15 is 0 Å². The summed E-state index contributed by atoms with van der Waals surface area (Å²) in [6.45, 7) is 0. The van der Waals surface area contributed by atoms with Gasteiger partial charge in [0.2, 0.25) is 0 Å². The molecule has 0 bridgehead atoms. The predicted octanol–water partition coefficient (Wildman–Crippen LogP) is 9.75. The van der Waals surface area contributed by atoms with Crippen LogP contribution in [0.25, 0.3) is 71.6 Å². The molecule has 0 aliphatic heterocycles. The molecule has 6 aromatic carbocycles. The molecule has 0 saturated heterocycles. The van der Waals surface area contributed by atoms with Crippen molar-refractivity contribution in [1.82, 2.24) is 9.55 Å². The molecule has 8 aromatic rings. The fraction of sp³-hybridized carbons (Fsp3) is 0. The van der Waals surface area contributed by atoms with Gasteiger partial charge in [0.25, 0.3) is 0 Å². The number of aromatic nitrogens is 2. The fourth-order valence-corrected chi connectivity index (χ4v) is 5.96. The highest BCUT2D eigenvalue weighted by atomic mass is 15.0. The van der Waals surface area contributed by atoms with Crippen molar-refractivity contribution in [3.63, 3.8) is 0 Å². The maximum atomic E-state index is 3.70. The van der Waals surface area contributed by atoms with E-state index in [2.05, 4.69) is 149 Å². The average Bonchev–Trinajstić information content (AvgIpc) is 3.53. The van der Waals surface area contributed by atoms with Crippen LogP contribution in [-0.2, 0) is 0 Å². The quantitative estimate of drug-likeness (QED) is 0.258. The lowest BCUT2D eigenvalue weighted by Gasteiger charge is -2.09. The van der Waals surface area contributed by atoms with Gasteiger partial charge in [-0.15, -0.1) is 0 Å². The highest BCUT2D eigenvalue weighted by Gasteiger charge is 2.18. The molecule has 2 heteroatoms. The summed E-state index contributed by atoms with van der Waals surface area (Å²) in [4.78, 5) is 3.70. The number of hydrogen-bond donors (Lipinski definition) is 1. The fourth-order valence-electron chi connectivity index (χ4n) is 5.96. The second-order valence-corrected chi connectivity index (χ2v) is 9.90. The number of aromatic amines is 1. The van der Waals surface area contributed by atoms with Crippen molar-refractivity contribution >= 4 is 43.6 Å². The summed E-state index contributed by atoms with van der Waals surface area (Å²) in [7, 11) is 0. The predicted molar refractivity (Wildman–Crippen MR) is 161 cm³/mol. The third kappa shape index (κ3) is 3.14. The maximum absolute atomic E-state index is 3.70. The van der Waals surface area contributed by atoms with Crippen LogP contribution in [-0.4, -0.2) is 9.55 Å². The molecule has 2 nitrogen and oxygen atoms in total. The zero-order valence-corrected chi connectivity index (χ0v) is 20.7. The molecule has 178 valence electrons. The lowest BCUT2D eigenvalue weighted by atomic mass is 10.0. The van der Waals surface area contributed by atoms with E-state index in [9.17, 15) is 0 Å². The molecule has 0 atom stereocenters. The molecule has 38 heavy (non-hydrogen) atoms. The molecule has 2 heterocycles.